The Balaban J connectivity index is 1.96. The van der Waals surface area contributed by atoms with Crippen molar-refractivity contribution in [2.45, 2.75) is 16.6 Å². The van der Waals surface area contributed by atoms with Gasteiger partial charge in [0.2, 0.25) is 10.0 Å². The standard InChI is InChI=1S/C17H16Cl3NO4S2/c18-12-5-6-15(20)17(11-12)27(24,25)21-8-7-16(26(22,23)10-9-21)13-3-1-2-4-14(13)19/h1-6,11,16H,7-10H2. The number of nitrogens with zero attached hydrogens (tertiary/aromatic N) is 1. The highest BCUT2D eigenvalue weighted by molar-refractivity contribution is 7.92. The fourth-order valence-corrected chi connectivity index (χ4v) is 7.52. The molecule has 1 heterocycles. The van der Waals surface area contributed by atoms with Gasteiger partial charge in [-0.05, 0) is 36.2 Å². The summed E-state index contributed by atoms with van der Waals surface area (Å²) in [5.41, 5.74) is 0.485. The van der Waals surface area contributed by atoms with E-state index in [9.17, 15) is 16.8 Å². The van der Waals surface area contributed by atoms with Crippen molar-refractivity contribution < 1.29 is 16.8 Å². The van der Waals surface area contributed by atoms with E-state index < -0.39 is 25.1 Å². The van der Waals surface area contributed by atoms with Gasteiger partial charge in [0.25, 0.3) is 0 Å². The van der Waals surface area contributed by atoms with Gasteiger partial charge in [0.1, 0.15) is 4.90 Å². The number of halogens is 3. The molecular weight excluding hydrogens is 453 g/mol. The van der Waals surface area contributed by atoms with Gasteiger partial charge in [-0.15, -0.1) is 0 Å². The van der Waals surface area contributed by atoms with E-state index in [2.05, 4.69) is 0 Å². The van der Waals surface area contributed by atoms with Crippen LogP contribution >= 0.6 is 34.8 Å². The molecule has 146 valence electrons. The SMILES string of the molecule is O=S1(=O)CCN(S(=O)(=O)c2cc(Cl)ccc2Cl)CCC1c1ccccc1Cl. The van der Waals surface area contributed by atoms with Crippen LogP contribution in [0.1, 0.15) is 17.2 Å². The Kier molecular flexibility index (Phi) is 6.11. The Morgan fingerprint density at radius 2 is 1.67 bits per heavy atom. The molecule has 3 rings (SSSR count). The normalized spacial score (nSPS) is 20.9. The molecule has 0 amide bonds. The summed E-state index contributed by atoms with van der Waals surface area (Å²) in [6, 6.07) is 10.9. The van der Waals surface area contributed by atoms with Gasteiger partial charge in [0.05, 0.1) is 16.0 Å². The maximum absolute atomic E-state index is 13.0. The maximum Gasteiger partial charge on any atom is 0.244 e. The number of sulfone groups is 1. The smallest absolute Gasteiger partial charge is 0.228 e. The molecule has 0 N–H and O–H groups in total. The zero-order chi connectivity index (χ0) is 19.8. The molecule has 27 heavy (non-hydrogen) atoms. The van der Waals surface area contributed by atoms with Gasteiger partial charge >= 0.3 is 0 Å². The third-order valence-electron chi connectivity index (χ3n) is 4.46. The van der Waals surface area contributed by atoms with Crippen molar-refractivity contribution in [2.24, 2.45) is 0 Å². The van der Waals surface area contributed by atoms with Crippen LogP contribution in [0, 0.1) is 0 Å². The lowest BCUT2D eigenvalue weighted by atomic mass is 10.1. The van der Waals surface area contributed by atoms with Gasteiger partial charge in [-0.25, -0.2) is 16.8 Å². The predicted octanol–water partition coefficient (Wildman–Crippen LogP) is 4.20. The van der Waals surface area contributed by atoms with Crippen LogP contribution in [0.2, 0.25) is 15.1 Å². The molecule has 0 radical (unpaired) electrons. The summed E-state index contributed by atoms with van der Waals surface area (Å²) in [6.45, 7) is -0.130. The fourth-order valence-electron chi connectivity index (χ4n) is 3.06. The first-order valence-electron chi connectivity index (χ1n) is 8.04. The molecule has 1 unspecified atom stereocenters. The Hall–Kier alpha value is -0.830. The van der Waals surface area contributed by atoms with Gasteiger partial charge in [-0.3, -0.25) is 0 Å². The van der Waals surface area contributed by atoms with Crippen LogP contribution in [0.5, 0.6) is 0 Å². The van der Waals surface area contributed by atoms with Gasteiger partial charge in [0, 0.05) is 23.1 Å². The van der Waals surface area contributed by atoms with Crippen LogP contribution in [0.3, 0.4) is 0 Å². The van der Waals surface area contributed by atoms with Gasteiger partial charge in [0.15, 0.2) is 9.84 Å². The van der Waals surface area contributed by atoms with E-state index in [0.717, 1.165) is 4.31 Å². The molecule has 2 aromatic carbocycles. The monoisotopic (exact) mass is 467 g/mol. The average molecular weight is 469 g/mol. The molecule has 1 aliphatic heterocycles. The van der Waals surface area contributed by atoms with E-state index in [1.807, 2.05) is 0 Å². The van der Waals surface area contributed by atoms with Crippen LogP contribution in [0.25, 0.3) is 0 Å². The summed E-state index contributed by atoms with van der Waals surface area (Å²) < 4.78 is 52.6. The molecule has 10 heteroatoms. The molecule has 1 fully saturated rings. The number of hydrogen-bond donors (Lipinski definition) is 0. The first kappa shape index (κ1) is 20.9. The molecule has 2 aromatic rings. The Labute approximate surface area is 173 Å². The maximum atomic E-state index is 13.0. The molecule has 0 saturated carbocycles. The van der Waals surface area contributed by atoms with Crippen LogP contribution < -0.4 is 0 Å². The minimum absolute atomic E-state index is 0.0281. The Morgan fingerprint density at radius 1 is 0.963 bits per heavy atom. The largest absolute Gasteiger partial charge is 0.244 e. The van der Waals surface area contributed by atoms with Crippen LogP contribution in [-0.4, -0.2) is 40.0 Å². The predicted molar refractivity (Wildman–Crippen MR) is 108 cm³/mol. The first-order chi connectivity index (χ1) is 12.6. The van der Waals surface area contributed by atoms with Crippen LogP contribution in [0.4, 0.5) is 0 Å². The minimum atomic E-state index is -3.98. The van der Waals surface area contributed by atoms with Crippen LogP contribution in [0.15, 0.2) is 47.4 Å². The van der Waals surface area contributed by atoms with Crippen LogP contribution in [-0.2, 0) is 19.9 Å². The molecular formula is C17H16Cl3NO4S2. The van der Waals surface area contributed by atoms with E-state index in [-0.39, 0.29) is 40.2 Å². The summed E-state index contributed by atoms with van der Waals surface area (Å²) in [5, 5.41) is -0.245. The lowest BCUT2D eigenvalue weighted by molar-refractivity contribution is 0.428. The van der Waals surface area contributed by atoms with Crippen molar-refractivity contribution in [3.8, 4) is 0 Å². The first-order valence-corrected chi connectivity index (χ1v) is 12.3. The van der Waals surface area contributed by atoms with Gasteiger partial charge in [-0.1, -0.05) is 53.0 Å². The quantitative estimate of drug-likeness (QED) is 0.677. The third-order valence-corrected chi connectivity index (χ3v) is 9.53. The average Bonchev–Trinajstić information content (AvgIpc) is 2.76. The van der Waals surface area contributed by atoms with Crippen molar-refractivity contribution in [1.29, 1.82) is 0 Å². The van der Waals surface area contributed by atoms with Crippen molar-refractivity contribution in [3.63, 3.8) is 0 Å². The summed E-state index contributed by atoms with van der Waals surface area (Å²) in [7, 11) is -7.56. The lowest BCUT2D eigenvalue weighted by Gasteiger charge is -2.20. The summed E-state index contributed by atoms with van der Waals surface area (Å²) in [4.78, 5) is -0.134. The van der Waals surface area contributed by atoms with E-state index in [0.29, 0.717) is 10.6 Å². The summed E-state index contributed by atoms with van der Waals surface area (Å²) in [5.74, 6) is -0.305. The van der Waals surface area contributed by atoms with Crippen molar-refractivity contribution >= 4 is 54.7 Å². The van der Waals surface area contributed by atoms with Crippen molar-refractivity contribution in [2.75, 3.05) is 18.8 Å². The topological polar surface area (TPSA) is 71.5 Å². The highest BCUT2D eigenvalue weighted by Crippen LogP contribution is 2.36. The second-order valence-corrected chi connectivity index (χ2v) is 11.6. The number of sulfonamides is 1. The molecule has 0 bridgehead atoms. The highest BCUT2D eigenvalue weighted by Gasteiger charge is 2.37. The number of benzene rings is 2. The van der Waals surface area contributed by atoms with E-state index >= 15 is 0 Å². The lowest BCUT2D eigenvalue weighted by Crippen LogP contribution is -2.33. The second kappa shape index (κ2) is 7.89. The molecule has 0 aliphatic carbocycles. The van der Waals surface area contributed by atoms with Gasteiger partial charge < -0.3 is 0 Å². The summed E-state index contributed by atoms with van der Waals surface area (Å²) >= 11 is 18.1. The molecule has 0 spiro atoms. The molecule has 5 nitrogen and oxygen atoms in total. The third kappa shape index (κ3) is 4.28. The van der Waals surface area contributed by atoms with Crippen molar-refractivity contribution in [1.82, 2.24) is 4.31 Å². The Bertz CT molecular complexity index is 1070. The minimum Gasteiger partial charge on any atom is -0.228 e. The zero-order valence-corrected chi connectivity index (χ0v) is 17.9. The molecule has 0 aromatic heterocycles. The summed E-state index contributed by atoms with van der Waals surface area (Å²) in [6.07, 6.45) is 0.101. The molecule has 1 aliphatic rings. The van der Waals surface area contributed by atoms with Gasteiger partial charge in [-0.2, -0.15) is 4.31 Å². The van der Waals surface area contributed by atoms with Crippen molar-refractivity contribution in [3.05, 3.63) is 63.1 Å². The number of hydrogen-bond acceptors (Lipinski definition) is 4. The van der Waals surface area contributed by atoms with E-state index in [1.54, 1.807) is 24.3 Å². The second-order valence-electron chi connectivity index (χ2n) is 6.14. The van der Waals surface area contributed by atoms with E-state index in [1.165, 1.54) is 18.2 Å². The molecule has 1 atom stereocenters. The Morgan fingerprint density at radius 3 is 2.37 bits per heavy atom. The van der Waals surface area contributed by atoms with E-state index in [4.69, 9.17) is 34.8 Å². The zero-order valence-electron chi connectivity index (χ0n) is 14.0. The number of rotatable bonds is 3. The fraction of sp³-hybridized carbons (Fsp3) is 0.294. The highest BCUT2D eigenvalue weighted by atomic mass is 35.5. The molecule has 1 saturated heterocycles.